The van der Waals surface area contributed by atoms with E-state index in [2.05, 4.69) is 10.6 Å². The summed E-state index contributed by atoms with van der Waals surface area (Å²) in [7, 11) is 0. The van der Waals surface area contributed by atoms with Gasteiger partial charge in [0.2, 0.25) is 0 Å². The van der Waals surface area contributed by atoms with Crippen molar-refractivity contribution < 1.29 is 9.18 Å². The molecular weight excluding hydrogens is 311 g/mol. The van der Waals surface area contributed by atoms with Crippen molar-refractivity contribution in [3.05, 3.63) is 35.0 Å². The summed E-state index contributed by atoms with van der Waals surface area (Å²) in [5, 5.41) is 7.66. The molecule has 2 bridgehead atoms. The second-order valence-electron chi connectivity index (χ2n) is 7.31. The number of thiophene rings is 1. The summed E-state index contributed by atoms with van der Waals surface area (Å²) in [5.41, 5.74) is 0.166. The molecule has 1 aliphatic heterocycles. The molecule has 3 aliphatic carbocycles. The second kappa shape index (κ2) is 4.77. The largest absolute Gasteiger partial charge is 0.334 e. The number of hydrogen-bond donors (Lipinski definition) is 2. The zero-order chi connectivity index (χ0) is 15.6. The molecular formula is C18H19FN2OS. The van der Waals surface area contributed by atoms with Crippen molar-refractivity contribution in [2.45, 2.75) is 43.8 Å². The lowest BCUT2D eigenvalue weighted by molar-refractivity contribution is 0.0920. The average molecular weight is 330 g/mol. The molecule has 5 heteroatoms. The lowest BCUT2D eigenvalue weighted by Gasteiger charge is -2.42. The summed E-state index contributed by atoms with van der Waals surface area (Å²) in [5.74, 6) is 1.26. The smallest absolute Gasteiger partial charge is 0.262 e. The molecule has 2 atom stereocenters. The molecule has 3 nitrogen and oxygen atoms in total. The predicted molar refractivity (Wildman–Crippen MR) is 89.0 cm³/mol. The molecule has 4 aliphatic rings. The number of fused-ring (bicyclic) bond motifs is 3. The quantitative estimate of drug-likeness (QED) is 0.826. The highest BCUT2D eigenvalue weighted by atomic mass is 32.1. The number of carbonyl (C=O) groups excluding carboxylic acids is 1. The van der Waals surface area contributed by atoms with Crippen LogP contribution in [0.4, 0.5) is 4.39 Å². The lowest BCUT2D eigenvalue weighted by atomic mass is 9.63. The van der Waals surface area contributed by atoms with E-state index in [0.717, 1.165) is 16.0 Å². The molecule has 1 aromatic heterocycles. The van der Waals surface area contributed by atoms with Gasteiger partial charge in [0.05, 0.1) is 16.6 Å². The summed E-state index contributed by atoms with van der Waals surface area (Å²) in [4.78, 5) is 13.2. The maximum absolute atomic E-state index is 13.3. The first-order valence-electron chi connectivity index (χ1n) is 8.42. The Hall–Kier alpha value is -1.46. The third kappa shape index (κ3) is 2.13. The number of benzene rings is 1. The number of amides is 1. The fourth-order valence-electron chi connectivity index (χ4n) is 4.77. The van der Waals surface area contributed by atoms with Gasteiger partial charge in [-0.2, -0.15) is 0 Å². The van der Waals surface area contributed by atoms with Gasteiger partial charge >= 0.3 is 0 Å². The zero-order valence-corrected chi connectivity index (χ0v) is 13.6. The zero-order valence-electron chi connectivity index (χ0n) is 12.8. The minimum Gasteiger partial charge on any atom is -0.334 e. The van der Waals surface area contributed by atoms with E-state index in [1.165, 1.54) is 55.6 Å². The second-order valence-corrected chi connectivity index (χ2v) is 8.39. The van der Waals surface area contributed by atoms with Crippen molar-refractivity contribution >= 4 is 27.3 Å². The van der Waals surface area contributed by atoms with E-state index in [9.17, 15) is 9.18 Å². The van der Waals surface area contributed by atoms with Gasteiger partial charge in [-0.1, -0.05) is 18.9 Å². The van der Waals surface area contributed by atoms with Gasteiger partial charge in [0.15, 0.2) is 0 Å². The Morgan fingerprint density at radius 1 is 1.26 bits per heavy atom. The number of carbonyl (C=O) groups is 1. The van der Waals surface area contributed by atoms with Crippen LogP contribution >= 0.6 is 11.3 Å². The molecule has 2 aromatic rings. The Balaban J connectivity index is 1.34. The number of rotatable bonds is 2. The van der Waals surface area contributed by atoms with Crippen molar-refractivity contribution in [2.75, 3.05) is 0 Å². The molecule has 2 N–H and O–H groups in total. The summed E-state index contributed by atoms with van der Waals surface area (Å²) >= 11 is 1.36. The molecule has 3 saturated carbocycles. The van der Waals surface area contributed by atoms with Crippen LogP contribution in [-0.2, 0) is 0 Å². The third-order valence-corrected chi connectivity index (χ3v) is 7.12. The van der Waals surface area contributed by atoms with E-state index in [1.54, 1.807) is 6.07 Å². The summed E-state index contributed by atoms with van der Waals surface area (Å²) in [6, 6.07) is 6.52. The molecule has 1 spiro atoms. The summed E-state index contributed by atoms with van der Waals surface area (Å²) in [6.45, 7) is 0. The van der Waals surface area contributed by atoms with Crippen LogP contribution in [0.25, 0.3) is 10.1 Å². The third-order valence-electron chi connectivity index (χ3n) is 6.03. The molecule has 6 rings (SSSR count). The van der Waals surface area contributed by atoms with Crippen molar-refractivity contribution in [3.8, 4) is 0 Å². The SMILES string of the molecule is O=C(N[C@H]1N[C@@]12CC1CCC2CC1)c1cc2ccc(F)cc2s1. The molecule has 1 saturated heterocycles. The first-order chi connectivity index (χ1) is 11.1. The van der Waals surface area contributed by atoms with E-state index in [4.69, 9.17) is 0 Å². The lowest BCUT2D eigenvalue weighted by Crippen LogP contribution is -2.44. The minimum absolute atomic E-state index is 0.0394. The minimum atomic E-state index is -0.257. The van der Waals surface area contributed by atoms with E-state index in [1.807, 2.05) is 6.07 Å². The Labute approximate surface area is 138 Å². The van der Waals surface area contributed by atoms with Gasteiger partial charge in [-0.3, -0.25) is 10.1 Å². The monoisotopic (exact) mass is 330 g/mol. The van der Waals surface area contributed by atoms with Gasteiger partial charge in [0.25, 0.3) is 5.91 Å². The van der Waals surface area contributed by atoms with Gasteiger partial charge in [-0.25, -0.2) is 4.39 Å². The van der Waals surface area contributed by atoms with Crippen molar-refractivity contribution in [1.82, 2.24) is 10.6 Å². The Kier molecular flexibility index (Phi) is 2.89. The number of hydrogen-bond acceptors (Lipinski definition) is 3. The van der Waals surface area contributed by atoms with Crippen LogP contribution in [0.15, 0.2) is 24.3 Å². The molecule has 23 heavy (non-hydrogen) atoms. The van der Waals surface area contributed by atoms with E-state index >= 15 is 0 Å². The first-order valence-corrected chi connectivity index (χ1v) is 9.23. The average Bonchev–Trinajstić information content (AvgIpc) is 3.03. The highest BCUT2D eigenvalue weighted by Crippen LogP contribution is 2.54. The summed E-state index contributed by atoms with van der Waals surface area (Å²) in [6.07, 6.45) is 6.64. The maximum Gasteiger partial charge on any atom is 0.262 e. The highest BCUT2D eigenvalue weighted by Gasteiger charge is 2.62. The van der Waals surface area contributed by atoms with Crippen LogP contribution in [0, 0.1) is 17.7 Å². The van der Waals surface area contributed by atoms with E-state index < -0.39 is 0 Å². The van der Waals surface area contributed by atoms with Crippen LogP contribution in [0.1, 0.15) is 41.8 Å². The molecule has 4 fully saturated rings. The molecule has 0 unspecified atom stereocenters. The van der Waals surface area contributed by atoms with Crippen molar-refractivity contribution in [2.24, 2.45) is 11.8 Å². The van der Waals surface area contributed by atoms with Crippen molar-refractivity contribution in [3.63, 3.8) is 0 Å². The topological polar surface area (TPSA) is 51.0 Å². The standard InChI is InChI=1S/C18H19FN2OS/c19-13-6-3-11-7-15(23-14(11)8-13)16(22)20-17-18(21-17)9-10-1-4-12(18)5-2-10/h3,6-8,10,12,17,21H,1-2,4-5,9H2,(H,20,22)/t10?,12?,17-,18+/m0/s1. The molecule has 1 amide bonds. The Morgan fingerprint density at radius 2 is 2.09 bits per heavy atom. The van der Waals surface area contributed by atoms with Gasteiger partial charge in [0.1, 0.15) is 5.82 Å². The number of nitrogens with one attached hydrogen (secondary N) is 2. The van der Waals surface area contributed by atoms with Crippen LogP contribution < -0.4 is 10.6 Å². The predicted octanol–water partition coefficient (Wildman–Crippen LogP) is 3.65. The van der Waals surface area contributed by atoms with Gasteiger partial charge in [0, 0.05) is 4.70 Å². The normalized spacial score (nSPS) is 34.9. The number of halogens is 1. The molecule has 0 radical (unpaired) electrons. The Bertz CT molecular complexity index is 795. The highest BCUT2D eigenvalue weighted by molar-refractivity contribution is 7.20. The van der Waals surface area contributed by atoms with Gasteiger partial charge in [-0.05, 0) is 54.7 Å². The van der Waals surface area contributed by atoms with Gasteiger partial charge in [-0.15, -0.1) is 11.3 Å². The van der Waals surface area contributed by atoms with Crippen LogP contribution in [0.2, 0.25) is 0 Å². The fraction of sp³-hybridized carbons (Fsp3) is 0.500. The molecule has 2 heterocycles. The Morgan fingerprint density at radius 3 is 2.83 bits per heavy atom. The van der Waals surface area contributed by atoms with Gasteiger partial charge < -0.3 is 5.32 Å². The molecule has 1 aromatic carbocycles. The fourth-order valence-corrected chi connectivity index (χ4v) is 5.76. The maximum atomic E-state index is 13.3. The van der Waals surface area contributed by atoms with E-state index in [-0.39, 0.29) is 23.4 Å². The van der Waals surface area contributed by atoms with Crippen LogP contribution in [-0.4, -0.2) is 17.6 Å². The van der Waals surface area contributed by atoms with Crippen LogP contribution in [0.3, 0.4) is 0 Å². The van der Waals surface area contributed by atoms with E-state index in [0.29, 0.717) is 10.8 Å². The van der Waals surface area contributed by atoms with Crippen LogP contribution in [0.5, 0.6) is 0 Å². The first kappa shape index (κ1) is 13.9. The summed E-state index contributed by atoms with van der Waals surface area (Å²) < 4.78 is 14.1. The molecule has 120 valence electrons. The van der Waals surface area contributed by atoms with Crippen molar-refractivity contribution in [1.29, 1.82) is 0 Å².